The Morgan fingerprint density at radius 2 is 1.72 bits per heavy atom. The molecule has 0 aliphatic carbocycles. The third-order valence-corrected chi connectivity index (χ3v) is 5.09. The number of carboxylic acids is 1. The fourth-order valence-corrected chi connectivity index (χ4v) is 3.56. The standard InChI is InChI=1S/C24H17F2NO5/c1-27-23(28)20-19-18(32-22(20)12-3-6-14(25)7-4-12)10-8-15(21(19)26)16-11-13(24(29)30)5-9-17(16)31-2/h3-11H,1-2H3,(H,27,28)(H,29,30). The van der Waals surface area contributed by atoms with Crippen LogP contribution >= 0.6 is 0 Å². The van der Waals surface area contributed by atoms with E-state index >= 15 is 4.39 Å². The van der Waals surface area contributed by atoms with Crippen molar-refractivity contribution in [2.75, 3.05) is 14.2 Å². The number of rotatable bonds is 5. The van der Waals surface area contributed by atoms with E-state index in [1.165, 1.54) is 68.8 Å². The maximum absolute atomic E-state index is 15.9. The Kier molecular flexibility index (Phi) is 5.36. The first-order chi connectivity index (χ1) is 15.3. The molecule has 0 atom stereocenters. The van der Waals surface area contributed by atoms with Gasteiger partial charge in [-0.25, -0.2) is 13.6 Å². The molecular formula is C24H17F2NO5. The minimum Gasteiger partial charge on any atom is -0.496 e. The van der Waals surface area contributed by atoms with Gasteiger partial charge in [-0.15, -0.1) is 0 Å². The number of fused-ring (bicyclic) bond motifs is 1. The van der Waals surface area contributed by atoms with Gasteiger partial charge in [-0.05, 0) is 54.6 Å². The molecule has 162 valence electrons. The van der Waals surface area contributed by atoms with Crippen LogP contribution in [0.4, 0.5) is 8.78 Å². The van der Waals surface area contributed by atoms with Crippen LogP contribution in [0, 0.1) is 11.6 Å². The largest absolute Gasteiger partial charge is 0.496 e. The number of carbonyl (C=O) groups excluding carboxylic acids is 1. The van der Waals surface area contributed by atoms with E-state index in [9.17, 15) is 19.1 Å². The first-order valence-electron chi connectivity index (χ1n) is 9.50. The number of furan rings is 1. The van der Waals surface area contributed by atoms with Gasteiger partial charge < -0.3 is 19.6 Å². The van der Waals surface area contributed by atoms with Crippen molar-refractivity contribution in [2.45, 2.75) is 0 Å². The molecule has 6 nitrogen and oxygen atoms in total. The molecule has 0 aliphatic heterocycles. The average Bonchev–Trinajstić information content (AvgIpc) is 3.19. The maximum atomic E-state index is 15.9. The van der Waals surface area contributed by atoms with E-state index in [4.69, 9.17) is 9.15 Å². The molecule has 0 aliphatic rings. The lowest BCUT2D eigenvalue weighted by atomic mass is 9.97. The van der Waals surface area contributed by atoms with Crippen molar-refractivity contribution in [3.63, 3.8) is 0 Å². The van der Waals surface area contributed by atoms with Gasteiger partial charge in [-0.3, -0.25) is 4.79 Å². The SMILES string of the molecule is CNC(=O)c1c(-c2ccc(F)cc2)oc2ccc(-c3cc(C(=O)O)ccc3OC)c(F)c12. The first kappa shape index (κ1) is 21.0. The van der Waals surface area contributed by atoms with Crippen molar-refractivity contribution >= 4 is 22.8 Å². The van der Waals surface area contributed by atoms with Crippen molar-refractivity contribution in [2.24, 2.45) is 0 Å². The normalized spacial score (nSPS) is 10.9. The number of benzene rings is 3. The highest BCUT2D eigenvalue weighted by molar-refractivity contribution is 6.12. The van der Waals surface area contributed by atoms with Crippen LogP contribution in [0.25, 0.3) is 33.4 Å². The monoisotopic (exact) mass is 437 g/mol. The van der Waals surface area contributed by atoms with E-state index in [0.29, 0.717) is 5.56 Å². The van der Waals surface area contributed by atoms with Crippen molar-refractivity contribution in [3.05, 3.63) is 77.4 Å². The van der Waals surface area contributed by atoms with Gasteiger partial charge in [0.15, 0.2) is 0 Å². The summed E-state index contributed by atoms with van der Waals surface area (Å²) in [6, 6.07) is 12.3. The number of hydrogen-bond donors (Lipinski definition) is 2. The number of aromatic carboxylic acids is 1. The summed E-state index contributed by atoms with van der Waals surface area (Å²) in [6.07, 6.45) is 0. The van der Waals surface area contributed by atoms with Crippen LogP contribution in [0.5, 0.6) is 5.75 Å². The quantitative estimate of drug-likeness (QED) is 0.453. The summed E-state index contributed by atoms with van der Waals surface area (Å²) in [6.45, 7) is 0. The molecule has 0 saturated carbocycles. The third-order valence-electron chi connectivity index (χ3n) is 5.09. The summed E-state index contributed by atoms with van der Waals surface area (Å²) in [7, 11) is 2.78. The maximum Gasteiger partial charge on any atom is 0.335 e. The summed E-state index contributed by atoms with van der Waals surface area (Å²) in [4.78, 5) is 24.1. The Bertz CT molecular complexity index is 1360. The van der Waals surface area contributed by atoms with Gasteiger partial charge in [0.25, 0.3) is 5.91 Å². The highest BCUT2D eigenvalue weighted by Gasteiger charge is 2.26. The summed E-state index contributed by atoms with van der Waals surface area (Å²) in [5, 5.41) is 11.7. The van der Waals surface area contributed by atoms with E-state index in [1.54, 1.807) is 0 Å². The Hall–Kier alpha value is -4.20. The summed E-state index contributed by atoms with van der Waals surface area (Å²) in [5.74, 6) is -2.67. The molecule has 3 aromatic carbocycles. The van der Waals surface area contributed by atoms with Crippen LogP contribution in [0.3, 0.4) is 0 Å². The number of nitrogens with one attached hydrogen (secondary N) is 1. The molecule has 1 amide bonds. The molecule has 0 fully saturated rings. The van der Waals surface area contributed by atoms with Crippen molar-refractivity contribution < 1.29 is 32.6 Å². The predicted octanol–water partition coefficient (Wildman–Crippen LogP) is 5.11. The predicted molar refractivity (Wildman–Crippen MR) is 114 cm³/mol. The van der Waals surface area contributed by atoms with Gasteiger partial charge in [0.05, 0.1) is 23.6 Å². The van der Waals surface area contributed by atoms with Crippen LogP contribution in [-0.4, -0.2) is 31.1 Å². The zero-order valence-corrected chi connectivity index (χ0v) is 17.0. The lowest BCUT2D eigenvalue weighted by molar-refractivity contribution is 0.0696. The number of methoxy groups -OCH3 is 1. The van der Waals surface area contributed by atoms with E-state index in [0.717, 1.165) is 0 Å². The van der Waals surface area contributed by atoms with Crippen molar-refractivity contribution in [1.82, 2.24) is 5.32 Å². The Balaban J connectivity index is 2.03. The average molecular weight is 437 g/mol. The van der Waals surface area contributed by atoms with Gasteiger partial charge >= 0.3 is 5.97 Å². The molecule has 4 aromatic rings. The fraction of sp³-hybridized carbons (Fsp3) is 0.0833. The lowest BCUT2D eigenvalue weighted by Gasteiger charge is -2.11. The molecular weight excluding hydrogens is 420 g/mol. The number of amides is 1. The molecule has 1 aromatic heterocycles. The Morgan fingerprint density at radius 3 is 2.34 bits per heavy atom. The number of ether oxygens (including phenoxy) is 1. The van der Waals surface area contributed by atoms with Crippen LogP contribution in [0.2, 0.25) is 0 Å². The molecule has 8 heteroatoms. The molecule has 0 unspecified atom stereocenters. The molecule has 1 heterocycles. The molecule has 0 bridgehead atoms. The highest BCUT2D eigenvalue weighted by Crippen LogP contribution is 2.40. The fourth-order valence-electron chi connectivity index (χ4n) is 3.56. The van der Waals surface area contributed by atoms with Crippen LogP contribution < -0.4 is 10.1 Å². The second-order valence-electron chi connectivity index (χ2n) is 6.91. The number of hydrogen-bond acceptors (Lipinski definition) is 4. The number of carboxylic acid groups (broad SMARTS) is 1. The smallest absolute Gasteiger partial charge is 0.335 e. The number of halogens is 2. The van der Waals surface area contributed by atoms with Crippen LogP contribution in [-0.2, 0) is 0 Å². The molecule has 0 saturated heterocycles. The van der Waals surface area contributed by atoms with Gasteiger partial charge in [-0.1, -0.05) is 0 Å². The van der Waals surface area contributed by atoms with E-state index in [-0.39, 0.29) is 44.7 Å². The minimum absolute atomic E-state index is 0.0362. The van der Waals surface area contributed by atoms with E-state index in [2.05, 4.69) is 5.32 Å². The van der Waals surface area contributed by atoms with E-state index in [1.807, 2.05) is 0 Å². The van der Waals surface area contributed by atoms with Crippen LogP contribution in [0.1, 0.15) is 20.7 Å². The number of carbonyl (C=O) groups is 2. The zero-order chi connectivity index (χ0) is 23.0. The van der Waals surface area contributed by atoms with Gasteiger partial charge in [0, 0.05) is 23.7 Å². The molecule has 4 rings (SSSR count). The highest BCUT2D eigenvalue weighted by atomic mass is 19.1. The molecule has 0 spiro atoms. The van der Waals surface area contributed by atoms with Gasteiger partial charge in [0.2, 0.25) is 0 Å². The second-order valence-corrected chi connectivity index (χ2v) is 6.91. The second kappa shape index (κ2) is 8.14. The molecule has 32 heavy (non-hydrogen) atoms. The Labute approximate surface area is 181 Å². The topological polar surface area (TPSA) is 88.8 Å². The summed E-state index contributed by atoms with van der Waals surface area (Å²) >= 11 is 0. The van der Waals surface area contributed by atoms with Crippen molar-refractivity contribution in [1.29, 1.82) is 0 Å². The Morgan fingerprint density at radius 1 is 1.00 bits per heavy atom. The summed E-state index contributed by atoms with van der Waals surface area (Å²) < 4.78 is 40.3. The molecule has 0 radical (unpaired) electrons. The first-order valence-corrected chi connectivity index (χ1v) is 9.50. The van der Waals surface area contributed by atoms with Gasteiger partial charge in [-0.2, -0.15) is 0 Å². The zero-order valence-electron chi connectivity index (χ0n) is 17.0. The van der Waals surface area contributed by atoms with E-state index < -0.39 is 23.5 Å². The van der Waals surface area contributed by atoms with Gasteiger partial charge in [0.1, 0.15) is 28.7 Å². The third kappa shape index (κ3) is 3.45. The minimum atomic E-state index is -1.18. The van der Waals surface area contributed by atoms with Crippen LogP contribution in [0.15, 0.2) is 59.0 Å². The lowest BCUT2D eigenvalue weighted by Crippen LogP contribution is -2.18. The molecule has 2 N–H and O–H groups in total. The van der Waals surface area contributed by atoms with Crippen molar-refractivity contribution in [3.8, 4) is 28.2 Å². The summed E-state index contributed by atoms with van der Waals surface area (Å²) in [5.41, 5.74) is 0.645.